The second kappa shape index (κ2) is 4.44. The first kappa shape index (κ1) is 11.8. The summed E-state index contributed by atoms with van der Waals surface area (Å²) >= 11 is 0. The number of Topliss-reactive ketones (excluding diaryl/α,β-unsaturated/α-hetero) is 1. The Morgan fingerprint density at radius 2 is 2.22 bits per heavy atom. The van der Waals surface area contributed by atoms with Gasteiger partial charge in [-0.3, -0.25) is 4.79 Å². The van der Waals surface area contributed by atoms with Gasteiger partial charge in [0.25, 0.3) is 0 Å². The second-order valence-corrected chi connectivity index (χ2v) is 5.19. The Balaban J connectivity index is 1.83. The van der Waals surface area contributed by atoms with E-state index in [-0.39, 0.29) is 29.6 Å². The highest BCUT2D eigenvalue weighted by Crippen LogP contribution is 2.30. The van der Waals surface area contributed by atoms with Crippen LogP contribution in [-0.4, -0.2) is 31.1 Å². The van der Waals surface area contributed by atoms with Gasteiger partial charge in [-0.25, -0.2) is 4.39 Å². The summed E-state index contributed by atoms with van der Waals surface area (Å²) in [4.78, 5) is 12.3. The maximum Gasteiger partial charge on any atom is 0.168 e. The monoisotopic (exact) mass is 249 g/mol. The van der Waals surface area contributed by atoms with Crippen LogP contribution in [0.15, 0.2) is 18.2 Å². The highest BCUT2D eigenvalue weighted by Gasteiger charge is 2.38. The lowest BCUT2D eigenvalue weighted by atomic mass is 9.94. The summed E-state index contributed by atoms with van der Waals surface area (Å²) < 4.78 is 18.7. The van der Waals surface area contributed by atoms with Crippen molar-refractivity contribution >= 4 is 5.78 Å². The minimum absolute atomic E-state index is 0.0386. The zero-order valence-corrected chi connectivity index (χ0v) is 10.3. The summed E-state index contributed by atoms with van der Waals surface area (Å²) in [5.74, 6) is -0.284. The Labute approximate surface area is 105 Å². The Morgan fingerprint density at radius 3 is 3.00 bits per heavy atom. The van der Waals surface area contributed by atoms with E-state index in [1.165, 1.54) is 12.1 Å². The molecule has 3 atom stereocenters. The van der Waals surface area contributed by atoms with Crippen molar-refractivity contribution in [3.63, 3.8) is 0 Å². The molecule has 1 aliphatic carbocycles. The van der Waals surface area contributed by atoms with Gasteiger partial charge in [0, 0.05) is 23.6 Å². The van der Waals surface area contributed by atoms with E-state index in [9.17, 15) is 9.18 Å². The molecule has 3 nitrogen and oxygen atoms in total. The van der Waals surface area contributed by atoms with E-state index >= 15 is 0 Å². The van der Waals surface area contributed by atoms with Crippen LogP contribution in [0.5, 0.6) is 0 Å². The number of halogens is 1. The fraction of sp³-hybridized carbons (Fsp3) is 0.500. The maximum absolute atomic E-state index is 13.2. The molecule has 0 saturated carbocycles. The minimum Gasteiger partial charge on any atom is -0.378 e. The molecule has 1 heterocycles. The number of benzene rings is 1. The molecule has 4 heteroatoms. The first-order valence-corrected chi connectivity index (χ1v) is 6.31. The molecule has 3 unspecified atom stereocenters. The van der Waals surface area contributed by atoms with Crippen LogP contribution in [0, 0.1) is 11.7 Å². The quantitative estimate of drug-likeness (QED) is 0.820. The molecular weight excluding hydrogens is 233 g/mol. The van der Waals surface area contributed by atoms with Crippen molar-refractivity contribution < 1.29 is 13.9 Å². The molecule has 1 fully saturated rings. The maximum atomic E-state index is 13.2. The van der Waals surface area contributed by atoms with E-state index in [1.54, 1.807) is 6.07 Å². The summed E-state index contributed by atoms with van der Waals surface area (Å²) in [6, 6.07) is 4.72. The zero-order valence-electron chi connectivity index (χ0n) is 10.3. The number of hydrogen-bond acceptors (Lipinski definition) is 3. The first-order chi connectivity index (χ1) is 8.65. The average Bonchev–Trinajstić information content (AvgIpc) is 2.66. The van der Waals surface area contributed by atoms with Crippen LogP contribution in [0.25, 0.3) is 0 Å². The van der Waals surface area contributed by atoms with Crippen molar-refractivity contribution in [2.45, 2.75) is 25.4 Å². The zero-order chi connectivity index (χ0) is 12.7. The highest BCUT2D eigenvalue weighted by molar-refractivity contribution is 6.02. The van der Waals surface area contributed by atoms with Crippen LogP contribution in [0.3, 0.4) is 0 Å². The fourth-order valence-corrected chi connectivity index (χ4v) is 2.89. The number of morpholine rings is 1. The smallest absolute Gasteiger partial charge is 0.168 e. The number of carbonyl (C=O) groups is 1. The van der Waals surface area contributed by atoms with Crippen molar-refractivity contribution in [3.8, 4) is 0 Å². The number of fused-ring (bicyclic) bond motifs is 1. The van der Waals surface area contributed by atoms with Gasteiger partial charge in [0.2, 0.25) is 0 Å². The molecule has 1 N–H and O–H groups in total. The average molecular weight is 249 g/mol. The van der Waals surface area contributed by atoms with Crippen molar-refractivity contribution in [1.82, 2.24) is 5.32 Å². The number of carbonyl (C=O) groups excluding carboxylic acids is 1. The van der Waals surface area contributed by atoms with Crippen LogP contribution in [0.4, 0.5) is 4.39 Å². The second-order valence-electron chi connectivity index (χ2n) is 5.19. The highest BCUT2D eigenvalue weighted by atomic mass is 19.1. The van der Waals surface area contributed by atoms with E-state index in [0.717, 1.165) is 5.56 Å². The summed E-state index contributed by atoms with van der Waals surface area (Å²) in [5, 5.41) is 3.40. The van der Waals surface area contributed by atoms with Crippen LogP contribution in [-0.2, 0) is 11.2 Å². The van der Waals surface area contributed by atoms with E-state index in [0.29, 0.717) is 25.2 Å². The number of nitrogens with one attached hydrogen (secondary N) is 1. The molecule has 18 heavy (non-hydrogen) atoms. The fourth-order valence-electron chi connectivity index (χ4n) is 2.89. The Kier molecular flexibility index (Phi) is 2.92. The molecular formula is C14H16FNO2. The lowest BCUT2D eigenvalue weighted by Crippen LogP contribution is -2.52. The number of rotatable bonds is 1. The predicted octanol–water partition coefficient (Wildman–Crippen LogP) is 1.56. The topological polar surface area (TPSA) is 38.3 Å². The van der Waals surface area contributed by atoms with Gasteiger partial charge in [0.1, 0.15) is 5.82 Å². The van der Waals surface area contributed by atoms with Gasteiger partial charge in [-0.2, -0.15) is 0 Å². The molecule has 1 aromatic rings. The van der Waals surface area contributed by atoms with Gasteiger partial charge < -0.3 is 10.1 Å². The summed E-state index contributed by atoms with van der Waals surface area (Å²) in [6.07, 6.45) is 0.611. The minimum atomic E-state index is -0.275. The number of ether oxygens (including phenoxy) is 1. The molecule has 0 bridgehead atoms. The third-order valence-electron chi connectivity index (χ3n) is 3.76. The molecule has 0 aromatic heterocycles. The Hall–Kier alpha value is -1.26. The van der Waals surface area contributed by atoms with Gasteiger partial charge in [0.05, 0.1) is 13.2 Å². The Morgan fingerprint density at radius 1 is 1.39 bits per heavy atom. The standard InChI is InChI=1S/C14H16FNO2/c1-8-6-18-7-13(16-8)12-5-9-4-10(15)2-3-11(9)14(12)17/h2-4,8,12-13,16H,5-7H2,1H3. The van der Waals surface area contributed by atoms with Crippen LogP contribution in [0.1, 0.15) is 22.8 Å². The molecule has 0 radical (unpaired) electrons. The van der Waals surface area contributed by atoms with Crippen molar-refractivity contribution in [2.75, 3.05) is 13.2 Å². The van der Waals surface area contributed by atoms with Crippen LogP contribution >= 0.6 is 0 Å². The van der Waals surface area contributed by atoms with E-state index in [4.69, 9.17) is 4.74 Å². The lowest BCUT2D eigenvalue weighted by molar-refractivity contribution is 0.0321. The largest absolute Gasteiger partial charge is 0.378 e. The van der Waals surface area contributed by atoms with Gasteiger partial charge >= 0.3 is 0 Å². The van der Waals surface area contributed by atoms with E-state index in [2.05, 4.69) is 5.32 Å². The number of hydrogen-bond donors (Lipinski definition) is 1. The van der Waals surface area contributed by atoms with Crippen molar-refractivity contribution in [2.24, 2.45) is 5.92 Å². The van der Waals surface area contributed by atoms with Gasteiger partial charge in [-0.1, -0.05) is 0 Å². The summed E-state index contributed by atoms with van der Waals surface area (Å²) in [7, 11) is 0. The van der Waals surface area contributed by atoms with E-state index in [1.807, 2.05) is 6.92 Å². The Bertz CT molecular complexity index is 489. The van der Waals surface area contributed by atoms with E-state index < -0.39 is 0 Å². The lowest BCUT2D eigenvalue weighted by Gasteiger charge is -2.32. The van der Waals surface area contributed by atoms with Gasteiger partial charge in [-0.05, 0) is 37.1 Å². The van der Waals surface area contributed by atoms with Crippen LogP contribution < -0.4 is 5.32 Å². The molecule has 1 aromatic carbocycles. The molecule has 96 valence electrons. The first-order valence-electron chi connectivity index (χ1n) is 6.31. The molecule has 0 amide bonds. The van der Waals surface area contributed by atoms with Crippen LogP contribution in [0.2, 0.25) is 0 Å². The molecule has 1 saturated heterocycles. The molecule has 0 spiro atoms. The van der Waals surface area contributed by atoms with Gasteiger partial charge in [-0.15, -0.1) is 0 Å². The summed E-state index contributed by atoms with van der Waals surface area (Å²) in [5.41, 5.74) is 1.49. The number of ketones is 1. The molecule has 2 aliphatic rings. The third-order valence-corrected chi connectivity index (χ3v) is 3.76. The SMILES string of the molecule is CC1COCC(C2Cc3cc(F)ccc3C2=O)N1. The normalized spacial score (nSPS) is 31.4. The van der Waals surface area contributed by atoms with Crippen molar-refractivity contribution in [3.05, 3.63) is 35.1 Å². The predicted molar refractivity (Wildman–Crippen MR) is 65.1 cm³/mol. The molecule has 3 rings (SSSR count). The third kappa shape index (κ3) is 1.95. The summed E-state index contributed by atoms with van der Waals surface area (Å²) in [6.45, 7) is 3.27. The van der Waals surface area contributed by atoms with Crippen molar-refractivity contribution in [1.29, 1.82) is 0 Å². The molecule has 1 aliphatic heterocycles. The van der Waals surface area contributed by atoms with Gasteiger partial charge in [0.15, 0.2) is 5.78 Å².